The first kappa shape index (κ1) is 17.7. The summed E-state index contributed by atoms with van der Waals surface area (Å²) in [5.74, 6) is -0.547. The van der Waals surface area contributed by atoms with E-state index in [4.69, 9.17) is 11.6 Å². The second kappa shape index (κ2) is 6.87. The first-order chi connectivity index (χ1) is 10.7. The van der Waals surface area contributed by atoms with Gasteiger partial charge in [0.25, 0.3) is 0 Å². The molecule has 4 nitrogen and oxygen atoms in total. The Hall–Kier alpha value is -1.62. The van der Waals surface area contributed by atoms with Gasteiger partial charge in [-0.15, -0.1) is 0 Å². The largest absolute Gasteiger partial charge is 0.339 e. The zero-order valence-electron chi connectivity index (χ0n) is 13.7. The Balaban J connectivity index is 1.95. The van der Waals surface area contributed by atoms with E-state index in [2.05, 4.69) is 0 Å². The molecule has 2 amide bonds. The maximum Gasteiger partial charge on any atom is 0.228 e. The Morgan fingerprint density at radius 3 is 2.22 bits per heavy atom. The first-order valence-electron chi connectivity index (χ1n) is 7.70. The molecule has 23 heavy (non-hydrogen) atoms. The molecule has 0 aliphatic carbocycles. The molecule has 0 radical (unpaired) electrons. The molecule has 2 rings (SSSR count). The number of halogens is 2. The molecular weight excluding hydrogens is 319 g/mol. The van der Waals surface area contributed by atoms with E-state index in [0.717, 1.165) is 0 Å². The van der Waals surface area contributed by atoms with Crippen molar-refractivity contribution in [3.8, 4) is 0 Å². The highest BCUT2D eigenvalue weighted by atomic mass is 35.5. The van der Waals surface area contributed by atoms with Gasteiger partial charge in [-0.1, -0.05) is 38.4 Å². The van der Waals surface area contributed by atoms with E-state index in [1.54, 1.807) is 15.9 Å². The van der Waals surface area contributed by atoms with Crippen molar-refractivity contribution in [3.05, 3.63) is 34.6 Å². The minimum Gasteiger partial charge on any atom is -0.339 e. The fraction of sp³-hybridized carbons (Fsp3) is 0.529. The van der Waals surface area contributed by atoms with Gasteiger partial charge in [0.2, 0.25) is 11.8 Å². The standard InChI is InChI=1S/C17H22ClFN2O2/c1-17(2,3)16(23)21-9-7-20(8-10-21)15(22)11-12-13(18)5-4-6-14(12)19/h4-6H,7-11H2,1-3H3. The molecule has 0 N–H and O–H groups in total. The predicted molar refractivity (Wildman–Crippen MR) is 87.7 cm³/mol. The second-order valence-electron chi connectivity index (χ2n) is 6.80. The highest BCUT2D eigenvalue weighted by molar-refractivity contribution is 6.31. The van der Waals surface area contributed by atoms with Crippen LogP contribution < -0.4 is 0 Å². The molecule has 0 aromatic heterocycles. The van der Waals surface area contributed by atoms with Gasteiger partial charge in [-0.05, 0) is 12.1 Å². The summed E-state index contributed by atoms with van der Waals surface area (Å²) in [5.41, 5.74) is -0.195. The van der Waals surface area contributed by atoms with Crippen molar-refractivity contribution in [2.45, 2.75) is 27.2 Å². The molecule has 126 valence electrons. The van der Waals surface area contributed by atoms with Gasteiger partial charge in [-0.2, -0.15) is 0 Å². The maximum atomic E-state index is 13.8. The molecule has 1 heterocycles. The number of benzene rings is 1. The quantitative estimate of drug-likeness (QED) is 0.830. The van der Waals surface area contributed by atoms with Crippen molar-refractivity contribution in [2.75, 3.05) is 26.2 Å². The SMILES string of the molecule is CC(C)(C)C(=O)N1CCN(C(=O)Cc2c(F)cccc2Cl)CC1. The van der Waals surface area contributed by atoms with Gasteiger partial charge in [0, 0.05) is 42.2 Å². The summed E-state index contributed by atoms with van der Waals surface area (Å²) in [6.45, 7) is 7.59. The lowest BCUT2D eigenvalue weighted by Gasteiger charge is -2.37. The van der Waals surface area contributed by atoms with Crippen molar-refractivity contribution >= 4 is 23.4 Å². The zero-order valence-corrected chi connectivity index (χ0v) is 14.5. The number of hydrogen-bond acceptors (Lipinski definition) is 2. The van der Waals surface area contributed by atoms with E-state index >= 15 is 0 Å². The van der Waals surface area contributed by atoms with Crippen LogP contribution in [0.4, 0.5) is 4.39 Å². The Morgan fingerprint density at radius 2 is 1.70 bits per heavy atom. The van der Waals surface area contributed by atoms with Gasteiger partial charge < -0.3 is 9.80 Å². The van der Waals surface area contributed by atoms with Crippen molar-refractivity contribution in [3.63, 3.8) is 0 Å². The molecule has 0 atom stereocenters. The number of rotatable bonds is 2. The molecule has 1 saturated heterocycles. The molecule has 1 aromatic carbocycles. The molecule has 0 unspecified atom stereocenters. The minimum absolute atomic E-state index is 0.0568. The highest BCUT2D eigenvalue weighted by Gasteiger charge is 2.31. The summed E-state index contributed by atoms with van der Waals surface area (Å²) in [5, 5.41) is 0.264. The van der Waals surface area contributed by atoms with Crippen molar-refractivity contribution in [1.82, 2.24) is 9.80 Å². The summed E-state index contributed by atoms with van der Waals surface area (Å²) in [6, 6.07) is 4.39. The summed E-state index contributed by atoms with van der Waals surface area (Å²) in [7, 11) is 0. The lowest BCUT2D eigenvalue weighted by atomic mass is 9.94. The third-order valence-electron chi connectivity index (χ3n) is 3.95. The number of piperazine rings is 1. The van der Waals surface area contributed by atoms with Crippen LogP contribution in [-0.2, 0) is 16.0 Å². The normalized spacial score (nSPS) is 15.7. The molecular formula is C17H22ClFN2O2. The Kier molecular flexibility index (Phi) is 5.30. The van der Waals surface area contributed by atoms with Gasteiger partial charge in [-0.25, -0.2) is 4.39 Å². The molecule has 0 saturated carbocycles. The van der Waals surface area contributed by atoms with Crippen LogP contribution in [0.5, 0.6) is 0 Å². The monoisotopic (exact) mass is 340 g/mol. The van der Waals surface area contributed by atoms with Crippen LogP contribution in [-0.4, -0.2) is 47.8 Å². The fourth-order valence-electron chi connectivity index (χ4n) is 2.60. The van der Waals surface area contributed by atoms with Gasteiger partial charge in [-0.3, -0.25) is 9.59 Å². The number of hydrogen-bond donors (Lipinski definition) is 0. The maximum absolute atomic E-state index is 13.8. The van der Waals surface area contributed by atoms with E-state index in [-0.39, 0.29) is 28.8 Å². The van der Waals surface area contributed by atoms with Crippen LogP contribution in [0.3, 0.4) is 0 Å². The Labute approximate surface area is 141 Å². The summed E-state index contributed by atoms with van der Waals surface area (Å²) in [6.07, 6.45) is -0.0568. The second-order valence-corrected chi connectivity index (χ2v) is 7.21. The summed E-state index contributed by atoms with van der Waals surface area (Å²) in [4.78, 5) is 28.0. The lowest BCUT2D eigenvalue weighted by molar-refractivity contribution is -0.144. The van der Waals surface area contributed by atoms with Crippen LogP contribution in [0.25, 0.3) is 0 Å². The highest BCUT2D eigenvalue weighted by Crippen LogP contribution is 2.21. The molecule has 1 aliphatic rings. The molecule has 0 spiro atoms. The number of carbonyl (C=O) groups excluding carboxylic acids is 2. The summed E-state index contributed by atoms with van der Waals surface area (Å²) < 4.78 is 13.8. The van der Waals surface area contributed by atoms with E-state index in [0.29, 0.717) is 26.2 Å². The Bertz CT molecular complexity index is 585. The zero-order chi connectivity index (χ0) is 17.2. The molecule has 1 fully saturated rings. The van der Waals surface area contributed by atoms with E-state index in [1.807, 2.05) is 20.8 Å². The van der Waals surface area contributed by atoms with Gasteiger partial charge in [0.15, 0.2) is 0 Å². The molecule has 6 heteroatoms. The molecule has 0 bridgehead atoms. The Morgan fingerprint density at radius 1 is 1.13 bits per heavy atom. The van der Waals surface area contributed by atoms with Crippen LogP contribution in [0.2, 0.25) is 5.02 Å². The number of carbonyl (C=O) groups is 2. The topological polar surface area (TPSA) is 40.6 Å². The fourth-order valence-corrected chi connectivity index (χ4v) is 2.83. The molecule has 1 aliphatic heterocycles. The van der Waals surface area contributed by atoms with Crippen LogP contribution in [0, 0.1) is 11.2 Å². The average Bonchev–Trinajstić information content (AvgIpc) is 2.49. The van der Waals surface area contributed by atoms with E-state index < -0.39 is 11.2 Å². The van der Waals surface area contributed by atoms with Gasteiger partial charge in [0.1, 0.15) is 5.82 Å². The van der Waals surface area contributed by atoms with Gasteiger partial charge >= 0.3 is 0 Å². The van der Waals surface area contributed by atoms with Crippen molar-refractivity contribution in [2.24, 2.45) is 5.41 Å². The van der Waals surface area contributed by atoms with Crippen LogP contribution in [0.1, 0.15) is 26.3 Å². The predicted octanol–water partition coefficient (Wildman–Crippen LogP) is 2.74. The van der Waals surface area contributed by atoms with Crippen LogP contribution >= 0.6 is 11.6 Å². The third kappa shape index (κ3) is 4.22. The third-order valence-corrected chi connectivity index (χ3v) is 4.30. The van der Waals surface area contributed by atoms with Gasteiger partial charge in [0.05, 0.1) is 6.42 Å². The molecule has 1 aromatic rings. The van der Waals surface area contributed by atoms with E-state index in [9.17, 15) is 14.0 Å². The smallest absolute Gasteiger partial charge is 0.228 e. The first-order valence-corrected chi connectivity index (χ1v) is 8.08. The lowest BCUT2D eigenvalue weighted by Crippen LogP contribution is -2.53. The van der Waals surface area contributed by atoms with Crippen LogP contribution in [0.15, 0.2) is 18.2 Å². The average molecular weight is 341 g/mol. The van der Waals surface area contributed by atoms with Crippen molar-refractivity contribution < 1.29 is 14.0 Å². The summed E-state index contributed by atoms with van der Waals surface area (Å²) >= 11 is 5.96. The number of nitrogens with zero attached hydrogens (tertiary/aromatic N) is 2. The minimum atomic E-state index is -0.465. The van der Waals surface area contributed by atoms with Crippen molar-refractivity contribution in [1.29, 1.82) is 0 Å². The van der Waals surface area contributed by atoms with E-state index in [1.165, 1.54) is 12.1 Å². The number of amides is 2.